The Kier molecular flexibility index (Phi) is 7.47. The van der Waals surface area contributed by atoms with E-state index in [9.17, 15) is 4.79 Å². The average Bonchev–Trinajstić information content (AvgIpc) is 2.66. The summed E-state index contributed by atoms with van der Waals surface area (Å²) in [6.45, 7) is 1.91. The van der Waals surface area contributed by atoms with Crippen molar-refractivity contribution in [3.8, 4) is 17.2 Å². The number of nitrogens with zero attached hydrogens (tertiary/aromatic N) is 1. The molecular formula is C19H21BrN2O4. The molecule has 0 aliphatic rings. The minimum atomic E-state index is -0.348. The summed E-state index contributed by atoms with van der Waals surface area (Å²) >= 11 is 3.42. The van der Waals surface area contributed by atoms with Gasteiger partial charge in [-0.2, -0.15) is 5.10 Å². The topological polar surface area (TPSA) is 69.2 Å². The van der Waals surface area contributed by atoms with Crippen LogP contribution in [0.2, 0.25) is 0 Å². The molecule has 138 valence electrons. The summed E-state index contributed by atoms with van der Waals surface area (Å²) in [5.41, 5.74) is 4.18. The first-order valence-electron chi connectivity index (χ1n) is 8.02. The molecule has 0 heterocycles. The van der Waals surface area contributed by atoms with Gasteiger partial charge in [0.15, 0.2) is 6.61 Å². The maximum atomic E-state index is 11.9. The van der Waals surface area contributed by atoms with E-state index in [-0.39, 0.29) is 12.5 Å². The number of amides is 1. The van der Waals surface area contributed by atoms with Crippen LogP contribution in [-0.4, -0.2) is 32.9 Å². The van der Waals surface area contributed by atoms with Crippen molar-refractivity contribution in [1.29, 1.82) is 0 Å². The molecule has 0 saturated carbocycles. The van der Waals surface area contributed by atoms with Crippen LogP contribution < -0.4 is 19.6 Å². The molecule has 0 bridgehead atoms. The number of carbonyl (C=O) groups excluding carboxylic acids is 1. The Bertz CT molecular complexity index is 793. The van der Waals surface area contributed by atoms with Crippen LogP contribution in [0, 0.1) is 0 Å². The minimum Gasteiger partial charge on any atom is -0.497 e. The molecule has 0 saturated heterocycles. The van der Waals surface area contributed by atoms with Gasteiger partial charge >= 0.3 is 0 Å². The van der Waals surface area contributed by atoms with Gasteiger partial charge in [0, 0.05) is 16.1 Å². The molecule has 0 atom stereocenters. The maximum absolute atomic E-state index is 11.9. The second-order valence-electron chi connectivity index (χ2n) is 5.30. The van der Waals surface area contributed by atoms with Crippen molar-refractivity contribution in [2.75, 3.05) is 20.8 Å². The molecule has 1 amide bonds. The van der Waals surface area contributed by atoms with Gasteiger partial charge in [-0.05, 0) is 42.3 Å². The van der Waals surface area contributed by atoms with Gasteiger partial charge in [-0.3, -0.25) is 4.79 Å². The van der Waals surface area contributed by atoms with Crippen molar-refractivity contribution in [3.63, 3.8) is 0 Å². The first-order chi connectivity index (χ1) is 12.6. The number of nitrogens with one attached hydrogen (secondary N) is 1. The molecule has 0 fully saturated rings. The smallest absolute Gasteiger partial charge is 0.277 e. The van der Waals surface area contributed by atoms with Gasteiger partial charge in [0.1, 0.15) is 17.2 Å². The van der Waals surface area contributed by atoms with Crippen LogP contribution in [0.1, 0.15) is 18.1 Å². The number of aryl methyl sites for hydroxylation is 1. The predicted octanol–water partition coefficient (Wildman–Crippen LogP) is 3.56. The quantitative estimate of drug-likeness (QED) is 0.523. The van der Waals surface area contributed by atoms with Crippen LogP contribution in [0.4, 0.5) is 0 Å². The van der Waals surface area contributed by atoms with E-state index in [2.05, 4.69) is 26.5 Å². The zero-order chi connectivity index (χ0) is 18.9. The van der Waals surface area contributed by atoms with E-state index in [0.29, 0.717) is 17.2 Å². The number of hydrazone groups is 1. The van der Waals surface area contributed by atoms with Gasteiger partial charge in [0.05, 0.1) is 20.4 Å². The normalized spacial score (nSPS) is 10.6. The van der Waals surface area contributed by atoms with Crippen LogP contribution >= 0.6 is 15.9 Å². The lowest BCUT2D eigenvalue weighted by Crippen LogP contribution is -2.24. The van der Waals surface area contributed by atoms with Crippen LogP contribution in [0.5, 0.6) is 17.2 Å². The Hall–Kier alpha value is -2.54. The summed E-state index contributed by atoms with van der Waals surface area (Å²) in [5, 5.41) is 3.94. The highest BCUT2D eigenvalue weighted by Crippen LogP contribution is 2.24. The van der Waals surface area contributed by atoms with E-state index >= 15 is 0 Å². The molecule has 2 aromatic carbocycles. The van der Waals surface area contributed by atoms with Gasteiger partial charge in [0.2, 0.25) is 0 Å². The second-order valence-corrected chi connectivity index (χ2v) is 6.21. The van der Waals surface area contributed by atoms with Crippen LogP contribution in [0.25, 0.3) is 0 Å². The van der Waals surface area contributed by atoms with Crippen LogP contribution in [0.3, 0.4) is 0 Å². The first kappa shape index (κ1) is 19.8. The number of hydrogen-bond acceptors (Lipinski definition) is 5. The van der Waals surface area contributed by atoms with Gasteiger partial charge in [-0.25, -0.2) is 5.43 Å². The molecular weight excluding hydrogens is 400 g/mol. The standard InChI is InChI=1S/C19H21BrN2O4/c1-4-13-9-15(20)6-8-17(13)26-12-19(23)22-21-11-14-5-7-16(24-2)10-18(14)25-3/h5-11H,4,12H2,1-3H3,(H,22,23)/b21-11+. The van der Waals surface area contributed by atoms with E-state index in [4.69, 9.17) is 14.2 Å². The molecule has 0 aliphatic carbocycles. The van der Waals surface area contributed by atoms with Gasteiger partial charge in [0.25, 0.3) is 5.91 Å². The molecule has 1 N–H and O–H groups in total. The monoisotopic (exact) mass is 420 g/mol. The Morgan fingerprint density at radius 1 is 1.15 bits per heavy atom. The third-order valence-corrected chi connectivity index (χ3v) is 4.09. The number of hydrogen-bond donors (Lipinski definition) is 1. The van der Waals surface area contributed by atoms with Crippen molar-refractivity contribution in [3.05, 3.63) is 52.0 Å². The maximum Gasteiger partial charge on any atom is 0.277 e. The number of rotatable bonds is 8. The van der Waals surface area contributed by atoms with Crippen LogP contribution in [-0.2, 0) is 11.2 Å². The summed E-state index contributed by atoms with van der Waals surface area (Å²) in [5.74, 6) is 1.61. The van der Waals surface area contributed by atoms with Gasteiger partial charge in [-0.1, -0.05) is 22.9 Å². The zero-order valence-electron chi connectivity index (χ0n) is 14.9. The predicted molar refractivity (Wildman–Crippen MR) is 104 cm³/mol. The first-order valence-corrected chi connectivity index (χ1v) is 8.81. The highest BCUT2D eigenvalue weighted by molar-refractivity contribution is 9.10. The lowest BCUT2D eigenvalue weighted by Gasteiger charge is -2.10. The van der Waals surface area contributed by atoms with Crippen molar-refractivity contribution >= 4 is 28.1 Å². The number of methoxy groups -OCH3 is 2. The largest absolute Gasteiger partial charge is 0.497 e. The lowest BCUT2D eigenvalue weighted by molar-refractivity contribution is -0.123. The van der Waals surface area contributed by atoms with Crippen LogP contribution in [0.15, 0.2) is 46.0 Å². The lowest BCUT2D eigenvalue weighted by atomic mass is 10.1. The van der Waals surface area contributed by atoms with Crippen molar-refractivity contribution in [2.24, 2.45) is 5.10 Å². The summed E-state index contributed by atoms with van der Waals surface area (Å²) < 4.78 is 17.0. The number of benzene rings is 2. The number of ether oxygens (including phenoxy) is 3. The fraction of sp³-hybridized carbons (Fsp3) is 0.263. The Morgan fingerprint density at radius 3 is 2.65 bits per heavy atom. The highest BCUT2D eigenvalue weighted by Gasteiger charge is 2.07. The molecule has 0 spiro atoms. The SMILES string of the molecule is CCc1cc(Br)ccc1OCC(=O)N/N=C/c1ccc(OC)cc1OC. The summed E-state index contributed by atoms with van der Waals surface area (Å²) in [4.78, 5) is 11.9. The van der Waals surface area contributed by atoms with E-state index in [1.54, 1.807) is 32.4 Å². The van der Waals surface area contributed by atoms with E-state index in [1.165, 1.54) is 6.21 Å². The Morgan fingerprint density at radius 2 is 1.96 bits per heavy atom. The van der Waals surface area contributed by atoms with Crippen molar-refractivity contribution < 1.29 is 19.0 Å². The van der Waals surface area contributed by atoms with Gasteiger partial charge < -0.3 is 14.2 Å². The number of carbonyl (C=O) groups is 1. The minimum absolute atomic E-state index is 0.119. The molecule has 0 aromatic heterocycles. The third-order valence-electron chi connectivity index (χ3n) is 3.60. The Labute approximate surface area is 161 Å². The second kappa shape index (κ2) is 9.82. The molecule has 6 nitrogen and oxygen atoms in total. The van der Waals surface area contributed by atoms with E-state index in [1.807, 2.05) is 25.1 Å². The summed E-state index contributed by atoms with van der Waals surface area (Å²) in [6.07, 6.45) is 2.32. The summed E-state index contributed by atoms with van der Waals surface area (Å²) in [6, 6.07) is 11.0. The molecule has 0 aliphatic heterocycles. The third kappa shape index (κ3) is 5.49. The molecule has 2 rings (SSSR count). The fourth-order valence-corrected chi connectivity index (χ4v) is 2.65. The molecule has 7 heteroatoms. The van der Waals surface area contributed by atoms with Crippen molar-refractivity contribution in [1.82, 2.24) is 5.43 Å². The fourth-order valence-electron chi connectivity index (χ4n) is 2.24. The van der Waals surface area contributed by atoms with Gasteiger partial charge in [-0.15, -0.1) is 0 Å². The zero-order valence-corrected chi connectivity index (χ0v) is 16.5. The highest BCUT2D eigenvalue weighted by atomic mass is 79.9. The molecule has 0 unspecified atom stereocenters. The number of halogens is 1. The average molecular weight is 421 g/mol. The summed E-state index contributed by atoms with van der Waals surface area (Å²) in [7, 11) is 3.14. The molecule has 0 radical (unpaired) electrons. The molecule has 26 heavy (non-hydrogen) atoms. The Balaban J connectivity index is 1.92. The van der Waals surface area contributed by atoms with Crippen molar-refractivity contribution in [2.45, 2.75) is 13.3 Å². The van der Waals surface area contributed by atoms with E-state index < -0.39 is 0 Å². The van der Waals surface area contributed by atoms with E-state index in [0.717, 1.165) is 22.0 Å². The molecule has 2 aromatic rings.